The van der Waals surface area contributed by atoms with Crippen LogP contribution in [0, 0.1) is 0 Å². The van der Waals surface area contributed by atoms with E-state index >= 15 is 0 Å². The lowest BCUT2D eigenvalue weighted by molar-refractivity contribution is -0.121. The van der Waals surface area contributed by atoms with Crippen molar-refractivity contribution in [3.63, 3.8) is 0 Å². The van der Waals surface area contributed by atoms with Crippen molar-refractivity contribution in [3.8, 4) is 11.1 Å². The maximum Gasteiger partial charge on any atom is 0.253 e. The summed E-state index contributed by atoms with van der Waals surface area (Å²) < 4.78 is 13.3. The summed E-state index contributed by atoms with van der Waals surface area (Å²) in [6.07, 6.45) is 0.638. The van der Waals surface area contributed by atoms with Crippen LogP contribution >= 0.6 is 35.0 Å². The minimum absolute atomic E-state index is 0.481. The summed E-state index contributed by atoms with van der Waals surface area (Å²) in [7, 11) is 0. The van der Waals surface area contributed by atoms with E-state index in [-0.39, 0.29) is 0 Å². The first kappa shape index (κ1) is 22.7. The Bertz CT molecular complexity index is 881. The number of benzene rings is 2. The van der Waals surface area contributed by atoms with Gasteiger partial charge in [0.05, 0.1) is 6.04 Å². The van der Waals surface area contributed by atoms with Crippen molar-refractivity contribution in [2.75, 3.05) is 6.67 Å². The van der Waals surface area contributed by atoms with Crippen LogP contribution in [0.3, 0.4) is 0 Å². The molecule has 1 heterocycles. The lowest BCUT2D eigenvalue weighted by atomic mass is 9.98. The fraction of sp³-hybridized carbons (Fsp3) is 0.250. The predicted octanol–water partition coefficient (Wildman–Crippen LogP) is 3.29. The lowest BCUT2D eigenvalue weighted by Gasteiger charge is -2.22. The molecule has 10 heteroatoms. The maximum absolute atomic E-state index is 13.3. The van der Waals surface area contributed by atoms with Crippen LogP contribution in [0.1, 0.15) is 17.2 Å². The molecule has 30 heavy (non-hydrogen) atoms. The topological polar surface area (TPSA) is 85.4 Å². The van der Waals surface area contributed by atoms with Crippen molar-refractivity contribution >= 4 is 40.9 Å². The average molecular weight is 471 g/mol. The Kier molecular flexibility index (Phi) is 8.24. The van der Waals surface area contributed by atoms with Gasteiger partial charge in [-0.3, -0.25) is 10.2 Å². The van der Waals surface area contributed by atoms with Gasteiger partial charge in [0.1, 0.15) is 17.8 Å². The fourth-order valence-corrected chi connectivity index (χ4v) is 3.73. The Labute approximate surface area is 188 Å². The molecule has 2 aromatic rings. The van der Waals surface area contributed by atoms with Gasteiger partial charge in [-0.25, -0.2) is 4.39 Å². The van der Waals surface area contributed by atoms with E-state index in [1.165, 1.54) is 5.56 Å². The zero-order valence-electron chi connectivity index (χ0n) is 15.7. The van der Waals surface area contributed by atoms with E-state index in [4.69, 9.17) is 23.2 Å². The molecule has 160 valence electrons. The molecule has 0 aromatic heterocycles. The van der Waals surface area contributed by atoms with Gasteiger partial charge in [0.25, 0.3) is 5.91 Å². The van der Waals surface area contributed by atoms with Gasteiger partial charge in [-0.1, -0.05) is 71.7 Å². The Morgan fingerprint density at radius 3 is 2.27 bits per heavy atom. The molecule has 0 fully saturated rings. The molecule has 0 aliphatic carbocycles. The van der Waals surface area contributed by atoms with E-state index in [1.54, 1.807) is 23.9 Å². The van der Waals surface area contributed by atoms with Crippen LogP contribution in [0.15, 0.2) is 59.8 Å². The summed E-state index contributed by atoms with van der Waals surface area (Å²) >= 11 is 12.6. The van der Waals surface area contributed by atoms with Gasteiger partial charge in [0.2, 0.25) is 0 Å². The highest BCUT2D eigenvalue weighted by molar-refractivity contribution is 8.02. The summed E-state index contributed by atoms with van der Waals surface area (Å²) in [6, 6.07) is 14.1. The molecule has 1 amide bonds. The summed E-state index contributed by atoms with van der Waals surface area (Å²) in [5.41, 5.74) is 12.3. The minimum atomic E-state index is -1.32. The van der Waals surface area contributed by atoms with Crippen LogP contribution in [0.2, 0.25) is 0 Å². The number of aliphatic hydroxyl groups excluding tert-OH is 1. The quantitative estimate of drug-likeness (QED) is 0.361. The van der Waals surface area contributed by atoms with Crippen LogP contribution in [-0.2, 0) is 10.5 Å². The largest absolute Gasteiger partial charge is 0.386 e. The van der Waals surface area contributed by atoms with Crippen molar-refractivity contribution < 1.29 is 14.3 Å². The fourth-order valence-electron chi connectivity index (χ4n) is 2.82. The zero-order valence-corrected chi connectivity index (χ0v) is 18.1. The molecule has 0 saturated heterocycles. The molecule has 1 aliphatic heterocycles. The highest BCUT2D eigenvalue weighted by Crippen LogP contribution is 2.26. The number of halogens is 3. The Balaban J connectivity index is 1.62. The van der Waals surface area contributed by atoms with Crippen molar-refractivity contribution in [1.29, 1.82) is 0 Å². The van der Waals surface area contributed by atoms with Crippen LogP contribution in [0.4, 0.5) is 4.39 Å². The van der Waals surface area contributed by atoms with E-state index in [2.05, 4.69) is 33.8 Å². The third kappa shape index (κ3) is 6.02. The third-order valence-corrected chi connectivity index (χ3v) is 5.87. The van der Waals surface area contributed by atoms with Gasteiger partial charge < -0.3 is 15.8 Å². The number of amides is 1. The van der Waals surface area contributed by atoms with Gasteiger partial charge in [0.15, 0.2) is 4.84 Å². The van der Waals surface area contributed by atoms with Crippen molar-refractivity contribution in [1.82, 2.24) is 21.7 Å². The van der Waals surface area contributed by atoms with Crippen LogP contribution < -0.4 is 21.7 Å². The van der Waals surface area contributed by atoms with E-state index in [1.807, 2.05) is 30.5 Å². The van der Waals surface area contributed by atoms with Gasteiger partial charge in [-0.15, -0.1) is 11.8 Å². The van der Waals surface area contributed by atoms with Crippen LogP contribution in [-0.4, -0.2) is 28.6 Å². The highest BCUT2D eigenvalue weighted by Gasteiger charge is 2.25. The normalized spacial score (nSPS) is 15.2. The molecular formula is C20H21Cl2FN4O2S. The van der Waals surface area contributed by atoms with Crippen molar-refractivity contribution in [2.45, 2.75) is 22.7 Å². The summed E-state index contributed by atoms with van der Waals surface area (Å²) in [5.74, 6) is 0.0810. The Morgan fingerprint density at radius 1 is 1.10 bits per heavy atom. The molecule has 0 bridgehead atoms. The van der Waals surface area contributed by atoms with E-state index in [0.29, 0.717) is 5.56 Å². The number of alkyl halides is 3. The Hall–Kier alpha value is -1.97. The second-order valence-electron chi connectivity index (χ2n) is 6.53. The molecule has 2 aromatic carbocycles. The number of hydrogen-bond acceptors (Lipinski definition) is 6. The van der Waals surface area contributed by atoms with E-state index in [9.17, 15) is 14.3 Å². The molecular weight excluding hydrogens is 450 g/mol. The van der Waals surface area contributed by atoms with E-state index < -0.39 is 29.6 Å². The maximum atomic E-state index is 13.3. The van der Waals surface area contributed by atoms with Crippen molar-refractivity contribution in [3.05, 3.63) is 70.9 Å². The smallest absolute Gasteiger partial charge is 0.253 e. The second kappa shape index (κ2) is 10.9. The van der Waals surface area contributed by atoms with E-state index in [0.717, 1.165) is 21.9 Å². The zero-order chi connectivity index (χ0) is 21.5. The van der Waals surface area contributed by atoms with Crippen molar-refractivity contribution in [2.24, 2.45) is 0 Å². The summed E-state index contributed by atoms with van der Waals surface area (Å²) in [4.78, 5) is 10.2. The molecule has 5 N–H and O–H groups in total. The second-order valence-corrected chi connectivity index (χ2v) is 8.64. The number of hydrogen-bond donors (Lipinski definition) is 5. The number of carbonyl (C=O) groups is 1. The minimum Gasteiger partial charge on any atom is -0.386 e. The van der Waals surface area contributed by atoms with Gasteiger partial charge in [0, 0.05) is 12.0 Å². The summed E-state index contributed by atoms with van der Waals surface area (Å²) in [6.45, 7) is -0.951. The number of hydrazine groups is 2. The molecule has 1 aliphatic rings. The number of thioether (sulfide) groups is 1. The third-order valence-electron chi connectivity index (χ3n) is 4.47. The SMILES string of the molecule is O=C(N[C@H](CF)[C@H](O)c1ccc(-c2ccc(CSC3=CNNN3)cc2)cc1)C(Cl)Cl. The molecule has 0 spiro atoms. The van der Waals surface area contributed by atoms with Crippen LogP contribution in [0.5, 0.6) is 0 Å². The average Bonchev–Trinajstić information content (AvgIpc) is 3.29. The molecule has 0 saturated carbocycles. The van der Waals surface area contributed by atoms with Crippen LogP contribution in [0.25, 0.3) is 11.1 Å². The number of aliphatic hydroxyl groups is 1. The van der Waals surface area contributed by atoms with Gasteiger partial charge in [-0.05, 0) is 22.3 Å². The molecule has 3 rings (SSSR count). The first-order valence-electron chi connectivity index (χ1n) is 9.09. The summed E-state index contributed by atoms with van der Waals surface area (Å²) in [5, 5.41) is 13.7. The predicted molar refractivity (Wildman–Crippen MR) is 119 cm³/mol. The monoisotopic (exact) mass is 470 g/mol. The molecule has 0 radical (unpaired) electrons. The van der Waals surface area contributed by atoms with Gasteiger partial charge >= 0.3 is 0 Å². The molecule has 0 unspecified atom stereocenters. The molecule has 2 atom stereocenters. The number of rotatable bonds is 9. The lowest BCUT2D eigenvalue weighted by Crippen LogP contribution is -2.43. The van der Waals surface area contributed by atoms with Gasteiger partial charge in [-0.2, -0.15) is 5.53 Å². The standard InChI is InChI=1S/C20H21Cl2FN4O2S/c21-19(22)20(29)25-16(9-23)18(28)15-7-5-14(6-8-15)13-3-1-12(2-4-13)11-30-17-10-24-27-26-17/h1-8,10,16,18-19,24,26-28H,9,11H2,(H,25,29)/t16-,18-/m1/s1. The number of carbonyl (C=O) groups excluding carboxylic acids is 1. The first-order chi connectivity index (χ1) is 14.5. The molecule has 6 nitrogen and oxygen atoms in total. The first-order valence-corrected chi connectivity index (χ1v) is 10.9. The Morgan fingerprint density at radius 2 is 1.73 bits per heavy atom. The highest BCUT2D eigenvalue weighted by atomic mass is 35.5. The number of nitrogens with one attached hydrogen (secondary N) is 4.